The second-order valence-corrected chi connectivity index (χ2v) is 2.29. The molecule has 0 bridgehead atoms. The van der Waals surface area contributed by atoms with E-state index in [1.165, 1.54) is 0 Å². The number of hydrogen-bond acceptors (Lipinski definition) is 2. The van der Waals surface area contributed by atoms with Gasteiger partial charge < -0.3 is 5.41 Å². The first-order valence-electron chi connectivity index (χ1n) is 5.52. The van der Waals surface area contributed by atoms with Crippen LogP contribution in [0.4, 0.5) is 0 Å². The number of H-pyrrole nitrogens is 1. The lowest BCUT2D eigenvalue weighted by Crippen LogP contribution is -1.95. The van der Waals surface area contributed by atoms with Crippen LogP contribution in [0.25, 0.3) is 0 Å². The van der Waals surface area contributed by atoms with Gasteiger partial charge in [0.25, 0.3) is 0 Å². The van der Waals surface area contributed by atoms with Crippen molar-refractivity contribution in [2.45, 2.75) is 40.5 Å². The monoisotopic (exact) mass is 209 g/mol. The minimum absolute atomic E-state index is 0.610. The SMILES string of the molecule is C=CCCC(=N)c1cn[nH]c1.CC.CC. The van der Waals surface area contributed by atoms with Gasteiger partial charge in [-0.15, -0.1) is 6.58 Å². The first-order chi connectivity index (χ1) is 7.34. The summed E-state index contributed by atoms with van der Waals surface area (Å²) in [4.78, 5) is 0. The molecule has 0 atom stereocenters. The summed E-state index contributed by atoms with van der Waals surface area (Å²) < 4.78 is 0. The zero-order valence-electron chi connectivity index (χ0n) is 10.3. The Morgan fingerprint density at radius 3 is 2.47 bits per heavy atom. The third kappa shape index (κ3) is 7.67. The van der Waals surface area contributed by atoms with Crippen molar-refractivity contribution in [2.75, 3.05) is 0 Å². The van der Waals surface area contributed by atoms with Crippen molar-refractivity contribution in [3.63, 3.8) is 0 Å². The van der Waals surface area contributed by atoms with Crippen LogP contribution in [0.1, 0.15) is 46.1 Å². The summed E-state index contributed by atoms with van der Waals surface area (Å²) in [6, 6.07) is 0. The molecule has 1 aromatic heterocycles. The van der Waals surface area contributed by atoms with Crippen LogP contribution < -0.4 is 0 Å². The average Bonchev–Trinajstić information content (AvgIpc) is 2.85. The Hall–Kier alpha value is -1.38. The van der Waals surface area contributed by atoms with Gasteiger partial charge in [0.15, 0.2) is 0 Å². The molecule has 0 fully saturated rings. The topological polar surface area (TPSA) is 52.5 Å². The standard InChI is InChI=1S/C8H11N3.2C2H6/c1-2-3-4-8(9)7-5-10-11-6-7;2*1-2/h2,5-6,9H,1,3-4H2,(H,10,11);2*1-2H3. The average molecular weight is 209 g/mol. The fourth-order valence-corrected chi connectivity index (χ4v) is 0.807. The van der Waals surface area contributed by atoms with Crippen molar-refractivity contribution in [1.29, 1.82) is 5.41 Å². The number of aromatic nitrogens is 2. The number of nitrogens with one attached hydrogen (secondary N) is 2. The molecule has 15 heavy (non-hydrogen) atoms. The normalized spacial score (nSPS) is 7.73. The lowest BCUT2D eigenvalue weighted by molar-refractivity contribution is 1.09. The number of hydrogen-bond donors (Lipinski definition) is 2. The predicted molar refractivity (Wildman–Crippen MR) is 67.5 cm³/mol. The summed E-state index contributed by atoms with van der Waals surface area (Å²) in [5.74, 6) is 0. The van der Waals surface area contributed by atoms with Crippen LogP contribution in [0.3, 0.4) is 0 Å². The minimum Gasteiger partial charge on any atom is -0.305 e. The molecule has 0 saturated heterocycles. The van der Waals surface area contributed by atoms with Crippen molar-refractivity contribution in [3.05, 3.63) is 30.6 Å². The molecule has 1 aromatic rings. The molecule has 0 spiro atoms. The lowest BCUT2D eigenvalue weighted by Gasteiger charge is -1.95. The van der Waals surface area contributed by atoms with Gasteiger partial charge in [-0.25, -0.2) is 0 Å². The Kier molecular flexibility index (Phi) is 13.5. The van der Waals surface area contributed by atoms with E-state index in [4.69, 9.17) is 5.41 Å². The Bertz CT molecular complexity index is 237. The molecule has 0 saturated carbocycles. The second kappa shape index (κ2) is 12.6. The molecule has 3 nitrogen and oxygen atoms in total. The van der Waals surface area contributed by atoms with Gasteiger partial charge in [-0.1, -0.05) is 33.8 Å². The molecule has 0 radical (unpaired) electrons. The van der Waals surface area contributed by atoms with E-state index in [0.717, 1.165) is 18.4 Å². The van der Waals surface area contributed by atoms with Crippen LogP contribution in [-0.2, 0) is 0 Å². The van der Waals surface area contributed by atoms with E-state index in [0.29, 0.717) is 5.71 Å². The van der Waals surface area contributed by atoms with Crippen molar-refractivity contribution in [1.82, 2.24) is 10.2 Å². The predicted octanol–water partition coefficient (Wildman–Crippen LogP) is 3.80. The van der Waals surface area contributed by atoms with Crippen molar-refractivity contribution < 1.29 is 0 Å². The van der Waals surface area contributed by atoms with Gasteiger partial charge in [0.1, 0.15) is 0 Å². The summed E-state index contributed by atoms with van der Waals surface area (Å²) >= 11 is 0. The molecule has 1 heterocycles. The zero-order valence-corrected chi connectivity index (χ0v) is 10.3. The van der Waals surface area contributed by atoms with Gasteiger partial charge in [-0.3, -0.25) is 5.10 Å². The molecule has 3 heteroatoms. The number of rotatable bonds is 4. The molecule has 0 aliphatic carbocycles. The molecule has 2 N–H and O–H groups in total. The number of aromatic amines is 1. The van der Waals surface area contributed by atoms with Gasteiger partial charge in [0, 0.05) is 17.5 Å². The highest BCUT2D eigenvalue weighted by Gasteiger charge is 1.99. The van der Waals surface area contributed by atoms with E-state index in [9.17, 15) is 0 Å². The first-order valence-corrected chi connectivity index (χ1v) is 5.52. The number of allylic oxidation sites excluding steroid dienone is 1. The Morgan fingerprint density at radius 2 is 2.07 bits per heavy atom. The molecule has 86 valence electrons. The summed E-state index contributed by atoms with van der Waals surface area (Å²) in [6.45, 7) is 11.6. The molecule has 0 amide bonds. The fraction of sp³-hybridized carbons (Fsp3) is 0.500. The molecular weight excluding hydrogens is 186 g/mol. The molecule has 0 unspecified atom stereocenters. The van der Waals surface area contributed by atoms with Crippen LogP contribution >= 0.6 is 0 Å². The van der Waals surface area contributed by atoms with E-state index in [-0.39, 0.29) is 0 Å². The Labute approximate surface area is 93.1 Å². The third-order valence-corrected chi connectivity index (χ3v) is 1.45. The van der Waals surface area contributed by atoms with Crippen molar-refractivity contribution >= 4 is 5.71 Å². The Balaban J connectivity index is 0. The van der Waals surface area contributed by atoms with Crippen LogP contribution in [0.5, 0.6) is 0 Å². The summed E-state index contributed by atoms with van der Waals surface area (Å²) in [5, 5.41) is 14.0. The van der Waals surface area contributed by atoms with Gasteiger partial charge in [0.2, 0.25) is 0 Å². The molecule has 0 aromatic carbocycles. The van der Waals surface area contributed by atoms with Gasteiger partial charge in [-0.05, 0) is 12.8 Å². The highest BCUT2D eigenvalue weighted by Crippen LogP contribution is 2.01. The summed E-state index contributed by atoms with van der Waals surface area (Å²) in [7, 11) is 0. The van der Waals surface area contributed by atoms with Crippen LogP contribution in [0, 0.1) is 5.41 Å². The molecule has 0 aliphatic heterocycles. The van der Waals surface area contributed by atoms with E-state index < -0.39 is 0 Å². The van der Waals surface area contributed by atoms with E-state index in [2.05, 4.69) is 16.8 Å². The van der Waals surface area contributed by atoms with Crippen LogP contribution in [0.2, 0.25) is 0 Å². The molecular formula is C12H23N3. The molecule has 1 rings (SSSR count). The Morgan fingerprint density at radius 1 is 1.47 bits per heavy atom. The summed E-state index contributed by atoms with van der Waals surface area (Å²) in [5.41, 5.74) is 1.48. The van der Waals surface area contributed by atoms with E-state index in [1.807, 2.05) is 33.8 Å². The highest BCUT2D eigenvalue weighted by atomic mass is 15.1. The fourth-order valence-electron chi connectivity index (χ4n) is 0.807. The number of nitrogens with zero attached hydrogens (tertiary/aromatic N) is 1. The maximum Gasteiger partial charge on any atom is 0.0577 e. The van der Waals surface area contributed by atoms with Gasteiger partial charge >= 0.3 is 0 Å². The quantitative estimate of drug-likeness (QED) is 0.575. The second-order valence-electron chi connectivity index (χ2n) is 2.29. The lowest BCUT2D eigenvalue weighted by atomic mass is 10.1. The van der Waals surface area contributed by atoms with Gasteiger partial charge in [0.05, 0.1) is 6.20 Å². The smallest absolute Gasteiger partial charge is 0.0577 e. The van der Waals surface area contributed by atoms with Gasteiger partial charge in [-0.2, -0.15) is 5.10 Å². The minimum atomic E-state index is 0.610. The van der Waals surface area contributed by atoms with Crippen LogP contribution in [0.15, 0.2) is 25.0 Å². The van der Waals surface area contributed by atoms with E-state index >= 15 is 0 Å². The largest absolute Gasteiger partial charge is 0.305 e. The summed E-state index contributed by atoms with van der Waals surface area (Å²) in [6.07, 6.45) is 6.79. The maximum absolute atomic E-state index is 7.54. The third-order valence-electron chi connectivity index (χ3n) is 1.45. The van der Waals surface area contributed by atoms with Crippen molar-refractivity contribution in [3.8, 4) is 0 Å². The molecule has 0 aliphatic rings. The van der Waals surface area contributed by atoms with Crippen LogP contribution in [-0.4, -0.2) is 15.9 Å². The zero-order chi connectivity index (χ0) is 12.1. The highest BCUT2D eigenvalue weighted by molar-refractivity contribution is 5.97. The van der Waals surface area contributed by atoms with Crippen molar-refractivity contribution in [2.24, 2.45) is 0 Å². The maximum atomic E-state index is 7.54. The van der Waals surface area contributed by atoms with E-state index in [1.54, 1.807) is 12.4 Å². The first kappa shape index (κ1) is 16.1.